The fourth-order valence-corrected chi connectivity index (χ4v) is 1.88. The van der Waals surface area contributed by atoms with E-state index >= 15 is 0 Å². The van der Waals surface area contributed by atoms with Crippen LogP contribution in [0.5, 0.6) is 0 Å². The fourth-order valence-electron chi connectivity index (χ4n) is 1.88. The number of carbonyl (C=O) groups is 2. The minimum Gasteiger partial charge on any atom is -0.455 e. The van der Waals surface area contributed by atoms with Crippen molar-refractivity contribution in [2.45, 2.75) is 52.9 Å². The summed E-state index contributed by atoms with van der Waals surface area (Å²) in [7, 11) is 3.31. The van der Waals surface area contributed by atoms with E-state index in [1.165, 1.54) is 17.7 Å². The predicted octanol–water partition coefficient (Wildman–Crippen LogP) is 2.86. The number of ether oxygens (including phenoxy) is 1. The zero-order valence-electron chi connectivity index (χ0n) is 13.1. The van der Waals surface area contributed by atoms with Gasteiger partial charge in [0.25, 0.3) is 5.91 Å². The quantitative estimate of drug-likeness (QED) is 0.478. The Kier molecular flexibility index (Phi) is 9.27. The van der Waals surface area contributed by atoms with Crippen molar-refractivity contribution in [3.05, 3.63) is 0 Å². The van der Waals surface area contributed by atoms with Crippen LogP contribution < -0.4 is 0 Å². The Bertz CT molecular complexity index is 275. The van der Waals surface area contributed by atoms with Crippen LogP contribution >= 0.6 is 0 Å². The van der Waals surface area contributed by atoms with Crippen LogP contribution in [-0.4, -0.2) is 37.5 Å². The van der Waals surface area contributed by atoms with E-state index in [-0.39, 0.29) is 30.3 Å². The number of hydrogen-bond donors (Lipinski definition) is 0. The minimum atomic E-state index is -0.235. The van der Waals surface area contributed by atoms with Crippen LogP contribution in [0.1, 0.15) is 52.9 Å². The van der Waals surface area contributed by atoms with Gasteiger partial charge in [-0.25, -0.2) is 0 Å². The summed E-state index contributed by atoms with van der Waals surface area (Å²) < 4.78 is 5.12. The smallest absolute Gasteiger partial charge is 0.309 e. The second kappa shape index (κ2) is 9.82. The molecule has 0 bridgehead atoms. The zero-order chi connectivity index (χ0) is 14.8. The first-order chi connectivity index (χ1) is 8.90. The molecular formula is C15H29NO3. The highest BCUT2D eigenvalue weighted by Crippen LogP contribution is 2.20. The maximum absolute atomic E-state index is 12.0. The Hall–Kier alpha value is -1.06. The Labute approximate surface area is 117 Å². The molecule has 0 rings (SSSR count). The summed E-state index contributed by atoms with van der Waals surface area (Å²) in [5, 5.41) is 0. The molecule has 0 spiro atoms. The van der Waals surface area contributed by atoms with Gasteiger partial charge in [-0.2, -0.15) is 0 Å². The number of esters is 1. The van der Waals surface area contributed by atoms with Crippen LogP contribution in [-0.2, 0) is 14.3 Å². The minimum absolute atomic E-state index is 0.0909. The molecule has 0 unspecified atom stereocenters. The van der Waals surface area contributed by atoms with Crippen molar-refractivity contribution >= 4 is 11.9 Å². The molecule has 1 atom stereocenters. The lowest BCUT2D eigenvalue weighted by Gasteiger charge is -2.19. The summed E-state index contributed by atoms with van der Waals surface area (Å²) in [4.78, 5) is 24.8. The standard InChI is InChI=1S/C15H29NO3/c1-6-7-8-9-10-13(12(2)3)15(18)19-11-14(17)16(4)5/h12-13H,6-11H2,1-5H3/t13-/m1/s1. The van der Waals surface area contributed by atoms with Gasteiger partial charge in [0.1, 0.15) is 0 Å². The van der Waals surface area contributed by atoms with Crippen molar-refractivity contribution in [2.75, 3.05) is 20.7 Å². The summed E-state index contributed by atoms with van der Waals surface area (Å²) >= 11 is 0. The third kappa shape index (κ3) is 7.85. The summed E-state index contributed by atoms with van der Waals surface area (Å²) in [5.41, 5.74) is 0. The van der Waals surface area contributed by atoms with Gasteiger partial charge in [-0.3, -0.25) is 9.59 Å². The molecule has 0 saturated carbocycles. The third-order valence-electron chi connectivity index (χ3n) is 3.31. The largest absolute Gasteiger partial charge is 0.455 e. The summed E-state index contributed by atoms with van der Waals surface area (Å²) in [6.45, 7) is 6.07. The van der Waals surface area contributed by atoms with Gasteiger partial charge in [-0.15, -0.1) is 0 Å². The molecule has 112 valence electrons. The van der Waals surface area contributed by atoms with Crippen LogP contribution in [0.3, 0.4) is 0 Å². The number of carbonyl (C=O) groups excluding carboxylic acids is 2. The summed E-state index contributed by atoms with van der Waals surface area (Å²) in [6, 6.07) is 0. The van der Waals surface area contributed by atoms with Crippen molar-refractivity contribution in [3.8, 4) is 0 Å². The molecule has 0 fully saturated rings. The number of rotatable bonds is 9. The molecule has 0 aromatic carbocycles. The van der Waals surface area contributed by atoms with Gasteiger partial charge in [0.05, 0.1) is 5.92 Å². The van der Waals surface area contributed by atoms with Crippen molar-refractivity contribution in [3.63, 3.8) is 0 Å². The van der Waals surface area contributed by atoms with E-state index in [4.69, 9.17) is 4.74 Å². The van der Waals surface area contributed by atoms with E-state index in [0.717, 1.165) is 19.3 Å². The van der Waals surface area contributed by atoms with Gasteiger partial charge in [0.2, 0.25) is 0 Å². The summed E-state index contributed by atoms with van der Waals surface area (Å²) in [5.74, 6) is -0.251. The van der Waals surface area contributed by atoms with E-state index in [1.807, 2.05) is 13.8 Å². The number of amides is 1. The molecule has 0 heterocycles. The van der Waals surface area contributed by atoms with Gasteiger partial charge in [-0.05, 0) is 12.3 Å². The van der Waals surface area contributed by atoms with Gasteiger partial charge >= 0.3 is 5.97 Å². The maximum atomic E-state index is 12.0. The SMILES string of the molecule is CCCCCC[C@@H](C(=O)OCC(=O)N(C)C)C(C)C. The second-order valence-corrected chi connectivity index (χ2v) is 5.60. The first-order valence-corrected chi connectivity index (χ1v) is 7.26. The van der Waals surface area contributed by atoms with Gasteiger partial charge < -0.3 is 9.64 Å². The molecule has 0 aliphatic rings. The normalized spacial score (nSPS) is 12.3. The molecule has 4 nitrogen and oxygen atoms in total. The van der Waals surface area contributed by atoms with Crippen LogP contribution in [0, 0.1) is 11.8 Å². The van der Waals surface area contributed by atoms with E-state index in [0.29, 0.717) is 0 Å². The average Bonchev–Trinajstić information content (AvgIpc) is 2.34. The van der Waals surface area contributed by atoms with E-state index in [1.54, 1.807) is 14.1 Å². The number of likely N-dealkylation sites (N-methyl/N-ethyl adjacent to an activating group) is 1. The molecule has 0 aliphatic heterocycles. The number of nitrogens with zero attached hydrogens (tertiary/aromatic N) is 1. The Morgan fingerprint density at radius 3 is 2.21 bits per heavy atom. The lowest BCUT2D eigenvalue weighted by atomic mass is 9.90. The topological polar surface area (TPSA) is 46.6 Å². The highest BCUT2D eigenvalue weighted by atomic mass is 16.5. The molecule has 0 radical (unpaired) electrons. The van der Waals surface area contributed by atoms with Gasteiger partial charge in [-0.1, -0.05) is 46.5 Å². The van der Waals surface area contributed by atoms with Gasteiger partial charge in [0, 0.05) is 14.1 Å². The predicted molar refractivity (Wildman–Crippen MR) is 76.7 cm³/mol. The molecule has 19 heavy (non-hydrogen) atoms. The maximum Gasteiger partial charge on any atom is 0.309 e. The van der Waals surface area contributed by atoms with Crippen molar-refractivity contribution in [2.24, 2.45) is 11.8 Å². The molecule has 0 aliphatic carbocycles. The molecule has 0 N–H and O–H groups in total. The Morgan fingerprint density at radius 1 is 1.11 bits per heavy atom. The molecule has 0 aromatic heterocycles. The van der Waals surface area contributed by atoms with Gasteiger partial charge in [0.15, 0.2) is 6.61 Å². The average molecular weight is 271 g/mol. The summed E-state index contributed by atoms with van der Waals surface area (Å²) in [6.07, 6.45) is 5.46. The lowest BCUT2D eigenvalue weighted by molar-refractivity contribution is -0.156. The van der Waals surface area contributed by atoms with Crippen molar-refractivity contribution in [1.29, 1.82) is 0 Å². The molecular weight excluding hydrogens is 242 g/mol. The number of unbranched alkanes of at least 4 members (excludes halogenated alkanes) is 3. The van der Waals surface area contributed by atoms with E-state index < -0.39 is 0 Å². The lowest BCUT2D eigenvalue weighted by Crippen LogP contribution is -2.30. The molecule has 4 heteroatoms. The molecule has 1 amide bonds. The molecule has 0 saturated heterocycles. The fraction of sp³-hybridized carbons (Fsp3) is 0.867. The second-order valence-electron chi connectivity index (χ2n) is 5.60. The van der Waals surface area contributed by atoms with E-state index in [2.05, 4.69) is 6.92 Å². The van der Waals surface area contributed by atoms with Crippen molar-refractivity contribution < 1.29 is 14.3 Å². The van der Waals surface area contributed by atoms with Crippen molar-refractivity contribution in [1.82, 2.24) is 4.90 Å². The van der Waals surface area contributed by atoms with Crippen LogP contribution in [0.15, 0.2) is 0 Å². The third-order valence-corrected chi connectivity index (χ3v) is 3.31. The Morgan fingerprint density at radius 2 is 1.74 bits per heavy atom. The Balaban J connectivity index is 4.15. The monoisotopic (exact) mass is 271 g/mol. The zero-order valence-corrected chi connectivity index (χ0v) is 13.1. The van der Waals surface area contributed by atoms with E-state index in [9.17, 15) is 9.59 Å². The first kappa shape index (κ1) is 17.9. The highest BCUT2D eigenvalue weighted by Gasteiger charge is 2.24. The number of hydrogen-bond acceptors (Lipinski definition) is 3. The highest BCUT2D eigenvalue weighted by molar-refractivity contribution is 5.81. The van der Waals surface area contributed by atoms with Crippen LogP contribution in [0.4, 0.5) is 0 Å². The first-order valence-electron chi connectivity index (χ1n) is 7.26. The van der Waals surface area contributed by atoms with Crippen LogP contribution in [0.25, 0.3) is 0 Å². The molecule has 0 aromatic rings. The van der Waals surface area contributed by atoms with Crippen LogP contribution in [0.2, 0.25) is 0 Å².